The average Bonchev–Trinajstić information content (AvgIpc) is 2.58. The summed E-state index contributed by atoms with van der Waals surface area (Å²) in [5, 5.41) is 0. The molecule has 16 heavy (non-hydrogen) atoms. The number of nitrogens with zero attached hydrogens (tertiary/aromatic N) is 1. The second-order valence-electron chi connectivity index (χ2n) is 3.16. The summed E-state index contributed by atoms with van der Waals surface area (Å²) in [5.41, 5.74) is 4.58. The predicted octanol–water partition coefficient (Wildman–Crippen LogP) is 0.882. The van der Waals surface area contributed by atoms with Crippen LogP contribution in [0.5, 0.6) is 0 Å². The largest absolute Gasteiger partial charge is 0.385 e. The van der Waals surface area contributed by atoms with Gasteiger partial charge in [-0.25, -0.2) is 4.79 Å². The monoisotopic (exact) mass is 257 g/mol. The highest BCUT2D eigenvalue weighted by Gasteiger charge is 2.05. The molecule has 0 bridgehead atoms. The van der Waals surface area contributed by atoms with Gasteiger partial charge < -0.3 is 5.73 Å². The van der Waals surface area contributed by atoms with Crippen molar-refractivity contribution >= 4 is 28.8 Å². The Labute approximate surface area is 99.1 Å². The van der Waals surface area contributed by atoms with Gasteiger partial charge in [-0.05, 0) is 12.1 Å². The molecule has 0 atom stereocenters. The maximum atomic E-state index is 11.5. The van der Waals surface area contributed by atoms with E-state index < -0.39 is 11.2 Å². The second-order valence-corrected chi connectivity index (χ2v) is 4.96. The standard InChI is InChI=1S/C9H8ClN3O2S/c10-6-2-1-5(16-6)4-13-7(11)3-8(14)12-9(13)15/h1-3H,4,11H2,(H,12,14,15). The number of H-pyrrole nitrogens is 1. The molecule has 7 heteroatoms. The van der Waals surface area contributed by atoms with Crippen LogP contribution in [-0.2, 0) is 6.54 Å². The molecule has 0 radical (unpaired) electrons. The third kappa shape index (κ3) is 2.17. The van der Waals surface area contributed by atoms with Crippen molar-refractivity contribution in [1.82, 2.24) is 9.55 Å². The maximum absolute atomic E-state index is 11.5. The molecule has 2 heterocycles. The van der Waals surface area contributed by atoms with E-state index in [1.165, 1.54) is 22.0 Å². The van der Waals surface area contributed by atoms with E-state index in [4.69, 9.17) is 17.3 Å². The van der Waals surface area contributed by atoms with E-state index in [9.17, 15) is 9.59 Å². The Morgan fingerprint density at radius 3 is 2.75 bits per heavy atom. The van der Waals surface area contributed by atoms with Gasteiger partial charge >= 0.3 is 5.69 Å². The topological polar surface area (TPSA) is 80.9 Å². The number of nitrogens with one attached hydrogen (secondary N) is 1. The first kappa shape index (κ1) is 11.0. The fourth-order valence-electron chi connectivity index (χ4n) is 1.29. The number of nitrogen functional groups attached to an aromatic ring is 1. The number of aromatic amines is 1. The fourth-order valence-corrected chi connectivity index (χ4v) is 2.37. The number of hydrogen-bond acceptors (Lipinski definition) is 4. The number of rotatable bonds is 2. The Morgan fingerprint density at radius 1 is 1.44 bits per heavy atom. The maximum Gasteiger partial charge on any atom is 0.330 e. The molecule has 0 amide bonds. The second kappa shape index (κ2) is 4.15. The molecule has 0 fully saturated rings. The third-order valence-electron chi connectivity index (χ3n) is 2.01. The van der Waals surface area contributed by atoms with E-state index in [1.54, 1.807) is 6.07 Å². The van der Waals surface area contributed by atoms with Crippen LogP contribution in [0.4, 0.5) is 5.82 Å². The van der Waals surface area contributed by atoms with Crippen LogP contribution in [0, 0.1) is 0 Å². The summed E-state index contributed by atoms with van der Waals surface area (Å²) in [6, 6.07) is 4.73. The van der Waals surface area contributed by atoms with Crippen LogP contribution < -0.4 is 17.0 Å². The Morgan fingerprint density at radius 2 is 2.19 bits per heavy atom. The van der Waals surface area contributed by atoms with Crippen LogP contribution in [0.1, 0.15) is 4.88 Å². The van der Waals surface area contributed by atoms with Gasteiger partial charge in [-0.3, -0.25) is 14.3 Å². The smallest absolute Gasteiger partial charge is 0.330 e. The minimum Gasteiger partial charge on any atom is -0.385 e. The Hall–Kier alpha value is -1.53. The first-order valence-corrected chi connectivity index (χ1v) is 5.59. The normalized spacial score (nSPS) is 10.6. The van der Waals surface area contributed by atoms with Crippen LogP contribution in [0.15, 0.2) is 27.8 Å². The molecule has 84 valence electrons. The van der Waals surface area contributed by atoms with E-state index in [-0.39, 0.29) is 5.82 Å². The van der Waals surface area contributed by atoms with Crippen LogP contribution in [0.3, 0.4) is 0 Å². The lowest BCUT2D eigenvalue weighted by atomic mass is 10.4. The van der Waals surface area contributed by atoms with E-state index in [0.717, 1.165) is 4.88 Å². The quantitative estimate of drug-likeness (QED) is 0.838. The molecule has 0 spiro atoms. The van der Waals surface area contributed by atoms with Crippen molar-refractivity contribution in [3.63, 3.8) is 0 Å². The lowest BCUT2D eigenvalue weighted by molar-refractivity contribution is 0.741. The van der Waals surface area contributed by atoms with Gasteiger partial charge in [0.25, 0.3) is 5.56 Å². The molecular weight excluding hydrogens is 250 g/mol. The molecule has 0 aliphatic carbocycles. The molecular formula is C9H8ClN3O2S. The third-order valence-corrected chi connectivity index (χ3v) is 3.22. The van der Waals surface area contributed by atoms with E-state index >= 15 is 0 Å². The molecule has 2 aromatic rings. The van der Waals surface area contributed by atoms with E-state index in [1.807, 2.05) is 6.07 Å². The summed E-state index contributed by atoms with van der Waals surface area (Å²) in [5.74, 6) is 0.137. The van der Waals surface area contributed by atoms with Crippen molar-refractivity contribution in [3.8, 4) is 0 Å². The van der Waals surface area contributed by atoms with Gasteiger partial charge in [0.1, 0.15) is 5.82 Å². The molecule has 0 aliphatic rings. The highest BCUT2D eigenvalue weighted by Crippen LogP contribution is 2.22. The predicted molar refractivity (Wildman–Crippen MR) is 64.2 cm³/mol. The Kier molecular flexibility index (Phi) is 2.84. The summed E-state index contributed by atoms with van der Waals surface area (Å²) in [6.45, 7) is 0.304. The Balaban J connectivity index is 2.42. The van der Waals surface area contributed by atoms with Gasteiger partial charge in [0.2, 0.25) is 0 Å². The lowest BCUT2D eigenvalue weighted by Crippen LogP contribution is -2.31. The summed E-state index contributed by atoms with van der Waals surface area (Å²) >= 11 is 7.14. The van der Waals surface area contributed by atoms with Crippen LogP contribution >= 0.6 is 22.9 Å². The number of nitrogens with two attached hydrogens (primary N) is 1. The SMILES string of the molecule is Nc1cc(=O)[nH]c(=O)n1Cc1ccc(Cl)s1. The first-order valence-electron chi connectivity index (χ1n) is 4.40. The average molecular weight is 258 g/mol. The zero-order valence-electron chi connectivity index (χ0n) is 8.07. The van der Waals surface area contributed by atoms with Crippen molar-refractivity contribution in [2.75, 3.05) is 5.73 Å². The van der Waals surface area contributed by atoms with Crippen LogP contribution in [0.2, 0.25) is 4.34 Å². The first-order chi connectivity index (χ1) is 7.56. The molecule has 2 aromatic heterocycles. The van der Waals surface area contributed by atoms with Crippen LogP contribution in [-0.4, -0.2) is 9.55 Å². The fraction of sp³-hybridized carbons (Fsp3) is 0.111. The van der Waals surface area contributed by atoms with Crippen LogP contribution in [0.25, 0.3) is 0 Å². The minimum absolute atomic E-state index is 0.137. The number of halogens is 1. The summed E-state index contributed by atoms with van der Waals surface area (Å²) in [4.78, 5) is 25.5. The summed E-state index contributed by atoms with van der Waals surface area (Å²) in [7, 11) is 0. The Bertz CT molecular complexity index is 628. The molecule has 2 rings (SSSR count). The minimum atomic E-state index is -0.519. The zero-order valence-corrected chi connectivity index (χ0v) is 9.64. The number of aromatic nitrogens is 2. The van der Waals surface area contributed by atoms with Crippen molar-refractivity contribution in [1.29, 1.82) is 0 Å². The van der Waals surface area contributed by atoms with Gasteiger partial charge in [0, 0.05) is 10.9 Å². The number of thiophene rings is 1. The number of anilines is 1. The number of hydrogen-bond donors (Lipinski definition) is 2. The molecule has 0 saturated carbocycles. The van der Waals surface area contributed by atoms with Gasteiger partial charge in [0.05, 0.1) is 10.9 Å². The molecule has 0 aromatic carbocycles. The highest BCUT2D eigenvalue weighted by atomic mass is 35.5. The lowest BCUT2D eigenvalue weighted by Gasteiger charge is -2.05. The van der Waals surface area contributed by atoms with Gasteiger partial charge in [0.15, 0.2) is 0 Å². The van der Waals surface area contributed by atoms with Crippen molar-refractivity contribution in [2.24, 2.45) is 0 Å². The summed E-state index contributed by atoms with van der Waals surface area (Å²) < 4.78 is 1.93. The molecule has 5 nitrogen and oxygen atoms in total. The zero-order chi connectivity index (χ0) is 11.7. The molecule has 0 aliphatic heterocycles. The molecule has 0 unspecified atom stereocenters. The molecule has 3 N–H and O–H groups in total. The van der Waals surface area contributed by atoms with E-state index in [0.29, 0.717) is 10.9 Å². The van der Waals surface area contributed by atoms with Crippen molar-refractivity contribution in [3.05, 3.63) is 48.3 Å². The van der Waals surface area contributed by atoms with E-state index in [2.05, 4.69) is 4.98 Å². The summed E-state index contributed by atoms with van der Waals surface area (Å²) in [6.07, 6.45) is 0. The molecule has 0 saturated heterocycles. The van der Waals surface area contributed by atoms with Gasteiger partial charge in [-0.2, -0.15) is 0 Å². The van der Waals surface area contributed by atoms with Crippen molar-refractivity contribution < 1.29 is 0 Å². The van der Waals surface area contributed by atoms with Gasteiger partial charge in [-0.1, -0.05) is 11.6 Å². The highest BCUT2D eigenvalue weighted by molar-refractivity contribution is 7.16. The van der Waals surface area contributed by atoms with Crippen molar-refractivity contribution in [2.45, 2.75) is 6.54 Å². The van der Waals surface area contributed by atoms with Gasteiger partial charge in [-0.15, -0.1) is 11.3 Å².